The van der Waals surface area contributed by atoms with Crippen molar-refractivity contribution in [1.29, 1.82) is 0 Å². The normalized spacial score (nSPS) is 11.4. The number of nitrogens with zero attached hydrogens (tertiary/aromatic N) is 1. The van der Waals surface area contributed by atoms with Crippen molar-refractivity contribution in [3.63, 3.8) is 0 Å². The SMILES string of the molecule is Cc1cc[n+](C)c(-c2cc3c(cc2C)sc2ccccc23)c1. The van der Waals surface area contributed by atoms with Gasteiger partial charge in [-0.05, 0) is 43.2 Å². The molecule has 0 radical (unpaired) electrons. The van der Waals surface area contributed by atoms with Crippen molar-refractivity contribution in [2.75, 3.05) is 0 Å². The van der Waals surface area contributed by atoms with Crippen LogP contribution >= 0.6 is 11.3 Å². The molecule has 0 saturated heterocycles. The Bertz CT molecular complexity index is 1010. The molecule has 0 fully saturated rings. The number of hydrogen-bond donors (Lipinski definition) is 0. The highest BCUT2D eigenvalue weighted by molar-refractivity contribution is 7.25. The fraction of sp³-hybridized carbons (Fsp3) is 0.150. The molecule has 2 aromatic carbocycles. The Hall–Kier alpha value is -2.19. The predicted octanol–water partition coefficient (Wildman–Crippen LogP) is 5.16. The number of aromatic nitrogens is 1. The van der Waals surface area contributed by atoms with Crippen molar-refractivity contribution in [2.24, 2.45) is 7.05 Å². The molecule has 108 valence electrons. The van der Waals surface area contributed by atoms with Crippen molar-refractivity contribution in [3.8, 4) is 11.3 Å². The number of hydrogen-bond acceptors (Lipinski definition) is 1. The van der Waals surface area contributed by atoms with Gasteiger partial charge in [0.25, 0.3) is 0 Å². The molecule has 0 N–H and O–H groups in total. The largest absolute Gasteiger partial charge is 0.212 e. The van der Waals surface area contributed by atoms with Crippen LogP contribution < -0.4 is 4.57 Å². The summed E-state index contributed by atoms with van der Waals surface area (Å²) in [4.78, 5) is 0. The van der Waals surface area contributed by atoms with Gasteiger partial charge in [0.05, 0.1) is 0 Å². The molecule has 0 aliphatic carbocycles. The Morgan fingerprint density at radius 2 is 1.68 bits per heavy atom. The van der Waals surface area contributed by atoms with Crippen LogP contribution in [0.5, 0.6) is 0 Å². The first-order chi connectivity index (χ1) is 10.6. The number of rotatable bonds is 1. The summed E-state index contributed by atoms with van der Waals surface area (Å²) in [5, 5.41) is 2.72. The summed E-state index contributed by atoms with van der Waals surface area (Å²) in [5.74, 6) is 0. The van der Waals surface area contributed by atoms with E-state index in [9.17, 15) is 0 Å². The van der Waals surface area contributed by atoms with Crippen LogP contribution in [-0.2, 0) is 7.05 Å². The highest BCUT2D eigenvalue weighted by Crippen LogP contribution is 2.37. The zero-order valence-electron chi connectivity index (χ0n) is 13.1. The van der Waals surface area contributed by atoms with E-state index in [1.807, 2.05) is 11.3 Å². The molecule has 0 unspecified atom stereocenters. The van der Waals surface area contributed by atoms with Gasteiger partial charge in [-0.3, -0.25) is 0 Å². The molecule has 1 nitrogen and oxygen atoms in total. The van der Waals surface area contributed by atoms with Crippen LogP contribution in [0.15, 0.2) is 54.7 Å². The summed E-state index contributed by atoms with van der Waals surface area (Å²) in [6.45, 7) is 4.36. The van der Waals surface area contributed by atoms with E-state index in [2.05, 4.69) is 80.2 Å². The Morgan fingerprint density at radius 1 is 0.864 bits per heavy atom. The van der Waals surface area contributed by atoms with Crippen molar-refractivity contribution < 1.29 is 4.57 Å². The maximum absolute atomic E-state index is 2.36. The number of thiophene rings is 1. The summed E-state index contributed by atoms with van der Waals surface area (Å²) in [7, 11) is 2.12. The van der Waals surface area contributed by atoms with Crippen LogP contribution in [0.1, 0.15) is 11.1 Å². The van der Waals surface area contributed by atoms with Gasteiger partial charge in [-0.2, -0.15) is 0 Å². The smallest absolute Gasteiger partial charge is 0.201 e. The third-order valence-corrected chi connectivity index (χ3v) is 5.44. The minimum absolute atomic E-state index is 1.27. The fourth-order valence-electron chi connectivity index (χ4n) is 3.09. The van der Waals surface area contributed by atoms with Crippen molar-refractivity contribution in [1.82, 2.24) is 0 Å². The molecule has 0 amide bonds. The van der Waals surface area contributed by atoms with Gasteiger partial charge < -0.3 is 0 Å². The topological polar surface area (TPSA) is 3.88 Å². The van der Waals surface area contributed by atoms with E-state index in [4.69, 9.17) is 0 Å². The minimum Gasteiger partial charge on any atom is -0.201 e. The summed E-state index contributed by atoms with van der Waals surface area (Å²) in [6.07, 6.45) is 2.14. The predicted molar refractivity (Wildman–Crippen MR) is 95.4 cm³/mol. The first kappa shape index (κ1) is 13.5. The van der Waals surface area contributed by atoms with E-state index < -0.39 is 0 Å². The Labute approximate surface area is 134 Å². The number of aryl methyl sites for hydroxylation is 3. The number of benzene rings is 2. The molecular formula is C20H18NS+. The molecule has 4 rings (SSSR count). The molecule has 4 aromatic rings. The van der Waals surface area contributed by atoms with Crippen LogP contribution in [0.4, 0.5) is 0 Å². The molecule has 0 atom stereocenters. The van der Waals surface area contributed by atoms with Gasteiger partial charge in [-0.25, -0.2) is 4.57 Å². The Balaban J connectivity index is 2.07. The summed E-state index contributed by atoms with van der Waals surface area (Å²) in [6, 6.07) is 17.8. The van der Waals surface area contributed by atoms with Gasteiger partial charge in [-0.1, -0.05) is 18.2 Å². The van der Waals surface area contributed by atoms with Crippen LogP contribution in [0, 0.1) is 13.8 Å². The molecular weight excluding hydrogens is 286 g/mol. The monoisotopic (exact) mass is 304 g/mol. The number of pyridine rings is 1. The molecule has 2 aromatic heterocycles. The van der Waals surface area contributed by atoms with Gasteiger partial charge in [0, 0.05) is 37.9 Å². The van der Waals surface area contributed by atoms with E-state index in [0.29, 0.717) is 0 Å². The Kier molecular flexibility index (Phi) is 3.02. The van der Waals surface area contributed by atoms with Crippen molar-refractivity contribution in [2.45, 2.75) is 13.8 Å². The lowest BCUT2D eigenvalue weighted by atomic mass is 10.0. The summed E-state index contributed by atoms with van der Waals surface area (Å²) in [5.41, 5.74) is 5.22. The average Bonchev–Trinajstić information content (AvgIpc) is 2.86. The van der Waals surface area contributed by atoms with E-state index in [1.54, 1.807) is 0 Å². The summed E-state index contributed by atoms with van der Waals surface area (Å²) >= 11 is 1.88. The standard InChI is InChI=1S/C20H18NS/c1-13-8-9-21(3)18(10-13)16-12-17-15-6-4-5-7-19(15)22-20(17)11-14(16)2/h4-12H,1-3H3/q+1. The fourth-order valence-corrected chi connectivity index (χ4v) is 4.28. The molecule has 0 saturated carbocycles. The van der Waals surface area contributed by atoms with Crippen molar-refractivity contribution in [3.05, 3.63) is 65.9 Å². The summed E-state index contributed by atoms with van der Waals surface area (Å²) < 4.78 is 4.94. The molecule has 0 aliphatic heterocycles. The second-order valence-electron chi connectivity index (χ2n) is 5.96. The molecule has 2 heterocycles. The maximum Gasteiger partial charge on any atom is 0.212 e. The zero-order chi connectivity index (χ0) is 15.3. The minimum atomic E-state index is 1.27. The average molecular weight is 304 g/mol. The lowest BCUT2D eigenvalue weighted by Gasteiger charge is -2.06. The highest BCUT2D eigenvalue weighted by atomic mass is 32.1. The second-order valence-corrected chi connectivity index (χ2v) is 7.05. The van der Waals surface area contributed by atoms with Crippen molar-refractivity contribution >= 4 is 31.5 Å². The van der Waals surface area contributed by atoms with Crippen LogP contribution in [0.3, 0.4) is 0 Å². The second kappa shape index (κ2) is 4.92. The van der Waals surface area contributed by atoms with E-state index in [-0.39, 0.29) is 0 Å². The van der Waals surface area contributed by atoms with E-state index in [0.717, 1.165) is 0 Å². The lowest BCUT2D eigenvalue weighted by Crippen LogP contribution is -2.30. The third kappa shape index (κ3) is 2.03. The molecule has 0 bridgehead atoms. The van der Waals surface area contributed by atoms with Gasteiger partial charge in [0.15, 0.2) is 6.20 Å². The van der Waals surface area contributed by atoms with Crippen LogP contribution in [-0.4, -0.2) is 0 Å². The van der Waals surface area contributed by atoms with E-state index in [1.165, 1.54) is 42.6 Å². The molecule has 22 heavy (non-hydrogen) atoms. The van der Waals surface area contributed by atoms with Gasteiger partial charge in [-0.15, -0.1) is 11.3 Å². The van der Waals surface area contributed by atoms with Gasteiger partial charge in [0.2, 0.25) is 5.69 Å². The Morgan fingerprint density at radius 3 is 2.55 bits per heavy atom. The maximum atomic E-state index is 2.36. The quantitative estimate of drug-likeness (QED) is 0.427. The first-order valence-electron chi connectivity index (χ1n) is 7.52. The van der Waals surface area contributed by atoms with Crippen LogP contribution in [0.25, 0.3) is 31.4 Å². The van der Waals surface area contributed by atoms with Gasteiger partial charge in [0.1, 0.15) is 7.05 Å². The van der Waals surface area contributed by atoms with Gasteiger partial charge >= 0.3 is 0 Å². The molecule has 2 heteroatoms. The highest BCUT2D eigenvalue weighted by Gasteiger charge is 2.15. The molecule has 0 aliphatic rings. The first-order valence-corrected chi connectivity index (χ1v) is 8.34. The third-order valence-electron chi connectivity index (χ3n) is 4.31. The van der Waals surface area contributed by atoms with Crippen LogP contribution in [0.2, 0.25) is 0 Å². The molecule has 0 spiro atoms. The van der Waals surface area contributed by atoms with E-state index >= 15 is 0 Å². The number of fused-ring (bicyclic) bond motifs is 3. The zero-order valence-corrected chi connectivity index (χ0v) is 13.9. The lowest BCUT2D eigenvalue weighted by molar-refractivity contribution is -0.660.